The fourth-order valence-electron chi connectivity index (χ4n) is 2.84. The molecule has 4 aromatic rings. The normalized spacial score (nSPS) is 10.6. The Balaban J connectivity index is 1.39. The molecule has 0 bridgehead atoms. The molecule has 4 rings (SSSR count). The Labute approximate surface area is 167 Å². The average molecular weight is 386 g/mol. The smallest absolute Gasteiger partial charge is 0.230 e. The highest BCUT2D eigenvalue weighted by atomic mass is 32.1. The van der Waals surface area contributed by atoms with Gasteiger partial charge in [-0.05, 0) is 55.0 Å². The predicted octanol–water partition coefficient (Wildman–Crippen LogP) is 4.76. The molecule has 28 heavy (non-hydrogen) atoms. The van der Waals surface area contributed by atoms with Gasteiger partial charge in [-0.25, -0.2) is 4.98 Å². The SMILES string of the molecule is Cc1cc(-c2ccc(CC(=O)Nc3ccc(-c4cccnc4)cn3)s2)ccn1. The van der Waals surface area contributed by atoms with Crippen molar-refractivity contribution >= 4 is 23.1 Å². The molecule has 0 saturated heterocycles. The largest absolute Gasteiger partial charge is 0.310 e. The molecule has 0 saturated carbocycles. The minimum Gasteiger partial charge on any atom is -0.310 e. The second-order valence-electron chi connectivity index (χ2n) is 6.35. The van der Waals surface area contributed by atoms with E-state index in [9.17, 15) is 4.79 Å². The van der Waals surface area contributed by atoms with Crippen LogP contribution in [0.5, 0.6) is 0 Å². The zero-order valence-corrected chi connectivity index (χ0v) is 16.1. The molecule has 138 valence electrons. The lowest BCUT2D eigenvalue weighted by Gasteiger charge is -2.05. The third-order valence-corrected chi connectivity index (χ3v) is 5.34. The van der Waals surface area contributed by atoms with Gasteiger partial charge in [-0.15, -0.1) is 11.3 Å². The van der Waals surface area contributed by atoms with Crippen LogP contribution >= 0.6 is 11.3 Å². The van der Waals surface area contributed by atoms with E-state index in [-0.39, 0.29) is 5.91 Å². The fourth-order valence-corrected chi connectivity index (χ4v) is 3.85. The predicted molar refractivity (Wildman–Crippen MR) is 112 cm³/mol. The van der Waals surface area contributed by atoms with Crippen LogP contribution in [0.25, 0.3) is 21.6 Å². The van der Waals surface area contributed by atoms with E-state index >= 15 is 0 Å². The lowest BCUT2D eigenvalue weighted by molar-refractivity contribution is -0.115. The summed E-state index contributed by atoms with van der Waals surface area (Å²) in [6.45, 7) is 1.97. The van der Waals surface area contributed by atoms with Gasteiger partial charge in [0.15, 0.2) is 0 Å². The van der Waals surface area contributed by atoms with Gasteiger partial charge in [-0.3, -0.25) is 14.8 Å². The van der Waals surface area contributed by atoms with E-state index in [1.807, 2.05) is 49.4 Å². The van der Waals surface area contributed by atoms with Gasteiger partial charge in [-0.1, -0.05) is 6.07 Å². The molecule has 0 fully saturated rings. The van der Waals surface area contributed by atoms with Gasteiger partial charge in [0.05, 0.1) is 6.42 Å². The van der Waals surface area contributed by atoms with Crippen molar-refractivity contribution in [3.63, 3.8) is 0 Å². The van der Waals surface area contributed by atoms with Crippen molar-refractivity contribution in [1.29, 1.82) is 0 Å². The highest BCUT2D eigenvalue weighted by Gasteiger charge is 2.09. The van der Waals surface area contributed by atoms with Crippen molar-refractivity contribution < 1.29 is 4.79 Å². The summed E-state index contributed by atoms with van der Waals surface area (Å²) in [7, 11) is 0. The van der Waals surface area contributed by atoms with E-state index in [0.717, 1.165) is 32.1 Å². The summed E-state index contributed by atoms with van der Waals surface area (Å²) >= 11 is 1.62. The number of hydrogen-bond donors (Lipinski definition) is 1. The van der Waals surface area contributed by atoms with Crippen LogP contribution in [-0.2, 0) is 11.2 Å². The fraction of sp³-hybridized carbons (Fsp3) is 0.0909. The lowest BCUT2D eigenvalue weighted by Crippen LogP contribution is -2.14. The molecule has 5 nitrogen and oxygen atoms in total. The highest BCUT2D eigenvalue weighted by Crippen LogP contribution is 2.28. The average Bonchev–Trinajstić information content (AvgIpc) is 3.17. The molecule has 0 aliphatic rings. The van der Waals surface area contributed by atoms with Crippen molar-refractivity contribution in [2.75, 3.05) is 5.32 Å². The number of aryl methyl sites for hydroxylation is 1. The van der Waals surface area contributed by atoms with Gasteiger partial charge in [0.2, 0.25) is 5.91 Å². The molecule has 0 atom stereocenters. The van der Waals surface area contributed by atoms with Crippen LogP contribution in [0.2, 0.25) is 0 Å². The Morgan fingerprint density at radius 2 is 1.86 bits per heavy atom. The number of hydrogen-bond acceptors (Lipinski definition) is 5. The van der Waals surface area contributed by atoms with Crippen LogP contribution in [0.1, 0.15) is 10.6 Å². The summed E-state index contributed by atoms with van der Waals surface area (Å²) in [5.74, 6) is 0.458. The number of aromatic nitrogens is 3. The summed E-state index contributed by atoms with van der Waals surface area (Å²) in [4.78, 5) is 27.2. The molecule has 0 aliphatic heterocycles. The third-order valence-electron chi connectivity index (χ3n) is 4.20. The van der Waals surface area contributed by atoms with Crippen LogP contribution in [-0.4, -0.2) is 20.9 Å². The standard InChI is InChI=1S/C22H18N4OS/c1-15-11-16(8-10-24-15)20-6-5-19(28-20)12-22(27)26-21-7-4-18(14-25-21)17-3-2-9-23-13-17/h2-11,13-14H,12H2,1H3,(H,25,26,27). The first kappa shape index (κ1) is 18.0. The van der Waals surface area contributed by atoms with Gasteiger partial charge in [-0.2, -0.15) is 0 Å². The Hall–Kier alpha value is -3.38. The molecule has 0 spiro atoms. The Morgan fingerprint density at radius 3 is 2.61 bits per heavy atom. The van der Waals surface area contributed by atoms with Crippen molar-refractivity contribution in [1.82, 2.24) is 15.0 Å². The Kier molecular flexibility index (Phi) is 5.21. The van der Waals surface area contributed by atoms with Gasteiger partial charge in [0, 0.05) is 51.4 Å². The molecule has 0 aliphatic carbocycles. The minimum atomic E-state index is -0.0825. The van der Waals surface area contributed by atoms with Gasteiger partial charge < -0.3 is 5.32 Å². The maximum absolute atomic E-state index is 12.4. The first-order valence-corrected chi connectivity index (χ1v) is 9.67. The number of carbonyl (C=O) groups excluding carboxylic acids is 1. The maximum atomic E-state index is 12.4. The molecular formula is C22H18N4OS. The summed E-state index contributed by atoms with van der Waals surface area (Å²) in [5, 5.41) is 2.86. The van der Waals surface area contributed by atoms with E-state index in [1.165, 1.54) is 0 Å². The van der Waals surface area contributed by atoms with Crippen LogP contribution in [0, 0.1) is 6.92 Å². The molecule has 0 aromatic carbocycles. The summed E-state index contributed by atoms with van der Waals surface area (Å²) < 4.78 is 0. The Bertz CT molecular complexity index is 1090. The molecule has 0 radical (unpaired) electrons. The number of pyridine rings is 3. The molecule has 6 heteroatoms. The van der Waals surface area contributed by atoms with Crippen molar-refractivity contribution in [3.8, 4) is 21.6 Å². The third kappa shape index (κ3) is 4.29. The van der Waals surface area contributed by atoms with Crippen molar-refractivity contribution in [2.45, 2.75) is 13.3 Å². The first-order chi connectivity index (χ1) is 13.7. The minimum absolute atomic E-state index is 0.0825. The molecule has 0 unspecified atom stereocenters. The highest BCUT2D eigenvalue weighted by molar-refractivity contribution is 7.15. The topological polar surface area (TPSA) is 67.8 Å². The van der Waals surface area contributed by atoms with Crippen LogP contribution in [0.4, 0.5) is 5.82 Å². The lowest BCUT2D eigenvalue weighted by atomic mass is 10.1. The zero-order chi connectivity index (χ0) is 19.3. The van der Waals surface area contributed by atoms with Crippen molar-refractivity contribution in [2.24, 2.45) is 0 Å². The van der Waals surface area contributed by atoms with Gasteiger partial charge in [0.1, 0.15) is 5.82 Å². The molecular weight excluding hydrogens is 368 g/mol. The number of thiophene rings is 1. The summed E-state index contributed by atoms with van der Waals surface area (Å²) in [5.41, 5.74) is 4.05. The number of nitrogens with zero attached hydrogens (tertiary/aromatic N) is 3. The van der Waals surface area contributed by atoms with Gasteiger partial charge >= 0.3 is 0 Å². The summed E-state index contributed by atoms with van der Waals surface area (Å²) in [6, 6.07) is 15.7. The van der Waals surface area contributed by atoms with Crippen LogP contribution in [0.3, 0.4) is 0 Å². The Morgan fingerprint density at radius 1 is 0.964 bits per heavy atom. The number of rotatable bonds is 5. The first-order valence-electron chi connectivity index (χ1n) is 8.85. The van der Waals surface area contributed by atoms with Crippen molar-refractivity contribution in [3.05, 3.63) is 83.9 Å². The number of carbonyl (C=O) groups is 1. The second-order valence-corrected chi connectivity index (χ2v) is 7.52. The van der Waals surface area contributed by atoms with E-state index < -0.39 is 0 Å². The van der Waals surface area contributed by atoms with Crippen LogP contribution in [0.15, 0.2) is 73.3 Å². The number of anilines is 1. The van der Waals surface area contributed by atoms with Gasteiger partial charge in [0.25, 0.3) is 0 Å². The zero-order valence-electron chi connectivity index (χ0n) is 15.3. The van der Waals surface area contributed by atoms with E-state index in [1.54, 1.807) is 42.2 Å². The number of nitrogens with one attached hydrogen (secondary N) is 1. The van der Waals surface area contributed by atoms with E-state index in [4.69, 9.17) is 0 Å². The van der Waals surface area contributed by atoms with E-state index in [2.05, 4.69) is 20.3 Å². The molecule has 4 heterocycles. The number of amides is 1. The molecule has 1 amide bonds. The molecule has 1 N–H and O–H groups in total. The second kappa shape index (κ2) is 8.10. The van der Waals surface area contributed by atoms with E-state index in [0.29, 0.717) is 12.2 Å². The quantitative estimate of drug-likeness (QED) is 0.537. The monoisotopic (exact) mass is 386 g/mol. The maximum Gasteiger partial charge on any atom is 0.230 e. The summed E-state index contributed by atoms with van der Waals surface area (Å²) in [6.07, 6.45) is 7.38. The van der Waals surface area contributed by atoms with Crippen LogP contribution < -0.4 is 5.32 Å². The molecule has 4 aromatic heterocycles.